The van der Waals surface area contributed by atoms with Crippen LogP contribution in [0.2, 0.25) is 0 Å². The summed E-state index contributed by atoms with van der Waals surface area (Å²) in [4.78, 5) is 25.1. The minimum atomic E-state index is -1.18. The molecule has 0 aromatic heterocycles. The Bertz CT molecular complexity index is 964. The van der Waals surface area contributed by atoms with Crippen molar-refractivity contribution in [1.29, 1.82) is 0 Å². The van der Waals surface area contributed by atoms with Gasteiger partial charge in [0, 0.05) is 13.0 Å². The average molecular weight is 742 g/mol. The normalized spacial score (nSPS) is 21.5. The first kappa shape index (κ1) is 45.6. The van der Waals surface area contributed by atoms with Crippen molar-refractivity contribution in [2.24, 2.45) is 0 Å². The Balaban J connectivity index is 3.10. The molecular formula is C41H72O11. The van der Waals surface area contributed by atoms with Crippen LogP contribution < -0.4 is 0 Å². The summed E-state index contributed by atoms with van der Waals surface area (Å²) in [5.74, 6) is 0. The highest BCUT2D eigenvalue weighted by atomic mass is 16.8. The zero-order valence-electron chi connectivity index (χ0n) is 33.6. The third kappa shape index (κ3) is 22.5. The first-order chi connectivity index (χ1) is 25.8. The molecule has 302 valence electrons. The van der Waals surface area contributed by atoms with E-state index in [9.17, 15) is 14.7 Å². The number of unbranched alkanes of at least 4 members (excludes halogenated alkanes) is 14. The molecule has 7 atom stereocenters. The summed E-state index contributed by atoms with van der Waals surface area (Å²) in [7, 11) is 0. The van der Waals surface area contributed by atoms with Crippen LogP contribution in [-0.4, -0.2) is 87.2 Å². The molecule has 1 heterocycles. The summed E-state index contributed by atoms with van der Waals surface area (Å²) in [5, 5.41) is 10.3. The third-order valence-corrected chi connectivity index (χ3v) is 8.81. The highest BCUT2D eigenvalue weighted by Crippen LogP contribution is 2.30. The quantitative estimate of drug-likeness (QED) is 0.0299. The van der Waals surface area contributed by atoms with Gasteiger partial charge < -0.3 is 43.0 Å². The number of aliphatic hydroxyl groups excluding tert-OH is 1. The largest absolute Gasteiger partial charge is 0.509 e. The summed E-state index contributed by atoms with van der Waals surface area (Å²) < 4.78 is 54.9. The first-order valence-corrected chi connectivity index (χ1v) is 20.0. The van der Waals surface area contributed by atoms with E-state index in [2.05, 4.69) is 27.0 Å². The average Bonchev–Trinajstić information content (AvgIpc) is 3.15. The monoisotopic (exact) mass is 742 g/mol. The van der Waals surface area contributed by atoms with E-state index in [1.807, 2.05) is 0 Å². The van der Waals surface area contributed by atoms with E-state index in [1.54, 1.807) is 13.0 Å². The van der Waals surface area contributed by atoms with Crippen molar-refractivity contribution in [2.75, 3.05) is 33.0 Å². The highest BCUT2D eigenvalue weighted by Gasteiger charge is 2.50. The van der Waals surface area contributed by atoms with E-state index in [-0.39, 0.29) is 19.8 Å². The smallest absolute Gasteiger partial charge is 0.470 e. The second-order valence-corrected chi connectivity index (χ2v) is 13.3. The molecule has 2 unspecified atom stereocenters. The van der Waals surface area contributed by atoms with Crippen molar-refractivity contribution in [3.05, 3.63) is 37.6 Å². The molecule has 1 rings (SSSR count). The molecular weight excluding hydrogens is 668 g/mol. The van der Waals surface area contributed by atoms with Crippen LogP contribution in [0.25, 0.3) is 0 Å². The predicted molar refractivity (Wildman–Crippen MR) is 203 cm³/mol. The summed E-state index contributed by atoms with van der Waals surface area (Å²) in [6.45, 7) is 11.9. The molecule has 0 aromatic rings. The van der Waals surface area contributed by atoms with E-state index >= 15 is 0 Å². The van der Waals surface area contributed by atoms with Crippen molar-refractivity contribution < 1.29 is 54.0 Å². The fraction of sp³-hybridized carbons (Fsp3) is 0.805. The SMILES string of the molecule is [2H]C(CCCCCCCCC)O[C@H]1[C@H](OC(=O)OCC=C)[C@@H](CO)OC(O/C=C/C)[C@@H]1OCC[C@@H](CCCCCCCCCCC)OC(=O)OCC=C. The Labute approximate surface area is 316 Å². The van der Waals surface area contributed by atoms with E-state index < -0.39 is 62.3 Å². The maximum atomic E-state index is 12.7. The lowest BCUT2D eigenvalue weighted by Crippen LogP contribution is -2.62. The predicted octanol–water partition coefficient (Wildman–Crippen LogP) is 9.89. The Morgan fingerprint density at radius 3 is 1.87 bits per heavy atom. The van der Waals surface area contributed by atoms with Crippen LogP contribution in [0.3, 0.4) is 0 Å². The fourth-order valence-electron chi connectivity index (χ4n) is 5.98. The van der Waals surface area contributed by atoms with Gasteiger partial charge in [-0.1, -0.05) is 142 Å². The second kappa shape index (κ2) is 33.0. The Morgan fingerprint density at radius 2 is 1.31 bits per heavy atom. The molecule has 0 aromatic carbocycles. The molecule has 0 spiro atoms. The molecule has 0 bridgehead atoms. The molecule has 0 saturated carbocycles. The zero-order chi connectivity index (χ0) is 38.9. The van der Waals surface area contributed by atoms with Crippen LogP contribution >= 0.6 is 0 Å². The molecule has 52 heavy (non-hydrogen) atoms. The molecule has 1 fully saturated rings. The maximum absolute atomic E-state index is 12.7. The van der Waals surface area contributed by atoms with Gasteiger partial charge in [-0.15, -0.1) is 0 Å². The highest BCUT2D eigenvalue weighted by molar-refractivity contribution is 5.60. The molecule has 11 heteroatoms. The number of aliphatic hydroxyl groups is 1. The van der Waals surface area contributed by atoms with Crippen LogP contribution in [0.4, 0.5) is 9.59 Å². The Kier molecular flexibility index (Phi) is 28.9. The molecule has 1 N–H and O–H groups in total. The van der Waals surface area contributed by atoms with E-state index in [1.165, 1.54) is 76.2 Å². The number of hydrogen-bond acceptors (Lipinski definition) is 11. The molecule has 1 saturated heterocycles. The minimum absolute atomic E-state index is 0.0400. The van der Waals surface area contributed by atoms with E-state index in [0.29, 0.717) is 19.3 Å². The zero-order valence-corrected chi connectivity index (χ0v) is 32.6. The number of rotatable bonds is 33. The number of ether oxygens (including phenoxy) is 8. The van der Waals surface area contributed by atoms with Gasteiger partial charge in [-0.2, -0.15) is 0 Å². The van der Waals surface area contributed by atoms with Crippen LogP contribution in [0.5, 0.6) is 0 Å². The van der Waals surface area contributed by atoms with Gasteiger partial charge in [0.25, 0.3) is 0 Å². The number of allylic oxidation sites excluding steroid dienone is 1. The molecule has 0 radical (unpaired) electrons. The topological polar surface area (TPSA) is 128 Å². The van der Waals surface area contributed by atoms with E-state index in [4.69, 9.17) is 39.3 Å². The van der Waals surface area contributed by atoms with Gasteiger partial charge >= 0.3 is 12.3 Å². The number of carbonyl (C=O) groups is 2. The first-order valence-electron chi connectivity index (χ1n) is 20.5. The molecule has 11 nitrogen and oxygen atoms in total. The fourth-order valence-corrected chi connectivity index (χ4v) is 5.98. The van der Waals surface area contributed by atoms with Crippen LogP contribution in [0, 0.1) is 0 Å². The van der Waals surface area contributed by atoms with Gasteiger partial charge in [0.2, 0.25) is 6.29 Å². The lowest BCUT2D eigenvalue weighted by molar-refractivity contribution is -0.306. The van der Waals surface area contributed by atoms with Gasteiger partial charge in [0.1, 0.15) is 37.6 Å². The number of hydrogen-bond donors (Lipinski definition) is 1. The van der Waals surface area contributed by atoms with Crippen molar-refractivity contribution >= 4 is 12.3 Å². The molecule has 1 aliphatic rings. The van der Waals surface area contributed by atoms with Crippen LogP contribution in [-0.2, 0) is 37.9 Å². The molecule has 0 amide bonds. The maximum Gasteiger partial charge on any atom is 0.509 e. The van der Waals surface area contributed by atoms with Crippen molar-refractivity contribution in [2.45, 2.75) is 180 Å². The van der Waals surface area contributed by atoms with Crippen LogP contribution in [0.15, 0.2) is 37.6 Å². The van der Waals surface area contributed by atoms with Gasteiger partial charge in [0.15, 0.2) is 6.10 Å². The molecule has 1 aliphatic heterocycles. The molecule has 0 aliphatic carbocycles. The van der Waals surface area contributed by atoms with Gasteiger partial charge in [0.05, 0.1) is 20.8 Å². The lowest BCUT2D eigenvalue weighted by Gasteiger charge is -2.44. The summed E-state index contributed by atoms with van der Waals surface area (Å²) in [6.07, 6.45) is 17.9. The lowest BCUT2D eigenvalue weighted by atomic mass is 9.98. The van der Waals surface area contributed by atoms with E-state index in [0.717, 1.165) is 44.9 Å². The second-order valence-electron chi connectivity index (χ2n) is 13.3. The summed E-state index contributed by atoms with van der Waals surface area (Å²) in [6, 6.07) is 0. The Hall–Kier alpha value is -2.60. The van der Waals surface area contributed by atoms with Gasteiger partial charge in [-0.3, -0.25) is 0 Å². The standard InChI is InChI=1S/C41H72O11/c1-6-11-13-15-17-19-20-22-24-26-34(50-40(43)48-29-9-4)27-32-46-38-37(45-31-25-23-21-18-16-14-12-7-2)36(52-41(44)49-30-10-5)35(33-42)51-39(38)47-28-8-3/h8-10,28,34-39,42H,4-7,11-27,29-33H2,1-3H3/b28-8+/t34-,35-,36-,37+,38-,39?/m1/s1/i31D/t31?,34-,35-,36-,37+,38-,39?. The van der Waals surface area contributed by atoms with Crippen LogP contribution in [0.1, 0.15) is 144 Å². The van der Waals surface area contributed by atoms with Gasteiger partial charge in [-0.05, 0) is 26.2 Å². The van der Waals surface area contributed by atoms with Gasteiger partial charge in [-0.25, -0.2) is 9.59 Å². The third-order valence-electron chi connectivity index (χ3n) is 8.81. The Morgan fingerprint density at radius 1 is 0.750 bits per heavy atom. The number of carbonyl (C=O) groups excluding carboxylic acids is 2. The van der Waals surface area contributed by atoms with Crippen molar-refractivity contribution in [3.63, 3.8) is 0 Å². The minimum Gasteiger partial charge on any atom is -0.470 e. The summed E-state index contributed by atoms with van der Waals surface area (Å²) in [5.41, 5.74) is 0. The summed E-state index contributed by atoms with van der Waals surface area (Å²) >= 11 is 0. The van der Waals surface area contributed by atoms with Crippen molar-refractivity contribution in [1.82, 2.24) is 0 Å². The van der Waals surface area contributed by atoms with Crippen molar-refractivity contribution in [3.8, 4) is 0 Å².